The number of nitrogens with zero attached hydrogens (tertiary/aromatic N) is 1. The number of halogens is 1. The van der Waals surface area contributed by atoms with Gasteiger partial charge in [-0.2, -0.15) is 0 Å². The Morgan fingerprint density at radius 1 is 1.25 bits per heavy atom. The fourth-order valence-corrected chi connectivity index (χ4v) is 3.53. The van der Waals surface area contributed by atoms with Crippen molar-refractivity contribution in [3.63, 3.8) is 0 Å². The van der Waals surface area contributed by atoms with Gasteiger partial charge in [-0.15, -0.1) is 11.3 Å². The second-order valence-corrected chi connectivity index (χ2v) is 6.76. The van der Waals surface area contributed by atoms with Gasteiger partial charge in [0.15, 0.2) is 0 Å². The van der Waals surface area contributed by atoms with Crippen molar-refractivity contribution in [3.8, 4) is 0 Å². The molecule has 1 aromatic heterocycles. The van der Waals surface area contributed by atoms with Gasteiger partial charge < -0.3 is 5.32 Å². The highest BCUT2D eigenvalue weighted by Crippen LogP contribution is 2.26. The molecule has 124 valence electrons. The molecule has 0 fully saturated rings. The van der Waals surface area contributed by atoms with E-state index in [1.807, 2.05) is 31.0 Å². The number of carbonyl (C=O) groups is 1. The molecule has 0 aliphatic carbocycles. The molecule has 3 nitrogen and oxygen atoms in total. The monoisotopic (exact) mass is 342 g/mol. The van der Waals surface area contributed by atoms with Crippen molar-refractivity contribution in [3.05, 3.63) is 65.3 Å². The van der Waals surface area contributed by atoms with Crippen LogP contribution in [0.15, 0.2) is 53.9 Å². The van der Waals surface area contributed by atoms with Crippen LogP contribution in [0.4, 0.5) is 10.1 Å². The first-order valence-electron chi connectivity index (χ1n) is 7.76. The lowest BCUT2D eigenvalue weighted by Crippen LogP contribution is -2.39. The summed E-state index contributed by atoms with van der Waals surface area (Å²) in [7, 11) is 1.92. The number of likely N-dealkylation sites (N-methyl/N-ethyl adjacent to an activating group) is 1. The highest BCUT2D eigenvalue weighted by Gasteiger charge is 2.19. The normalized spacial score (nSPS) is 12.5. The second-order valence-electron chi connectivity index (χ2n) is 5.85. The van der Waals surface area contributed by atoms with Crippen LogP contribution in [0.25, 0.3) is 10.1 Å². The molecular formula is C19H19FN2OS. The fraction of sp³-hybridized carbons (Fsp3) is 0.211. The zero-order chi connectivity index (χ0) is 17.1. The summed E-state index contributed by atoms with van der Waals surface area (Å²) in [6, 6.07) is 13.9. The summed E-state index contributed by atoms with van der Waals surface area (Å²) in [4.78, 5) is 14.4. The number of hydrogen-bond acceptors (Lipinski definition) is 3. The minimum atomic E-state index is -0.362. The van der Waals surface area contributed by atoms with Crippen molar-refractivity contribution in [1.82, 2.24) is 4.90 Å². The van der Waals surface area contributed by atoms with Gasteiger partial charge in [0, 0.05) is 16.9 Å². The average molecular weight is 342 g/mol. The van der Waals surface area contributed by atoms with Crippen LogP contribution in [0, 0.1) is 5.82 Å². The van der Waals surface area contributed by atoms with Crippen LogP contribution in [0.3, 0.4) is 0 Å². The predicted molar refractivity (Wildman–Crippen MR) is 97.8 cm³/mol. The molecule has 0 spiro atoms. The van der Waals surface area contributed by atoms with Crippen LogP contribution in [0.2, 0.25) is 0 Å². The van der Waals surface area contributed by atoms with Crippen LogP contribution < -0.4 is 5.32 Å². The van der Waals surface area contributed by atoms with Crippen LogP contribution >= 0.6 is 11.3 Å². The summed E-state index contributed by atoms with van der Waals surface area (Å²) in [5, 5.41) is 6.13. The SMILES string of the molecule is CC(C(=O)Nc1cccc(F)c1)N(C)Cc1csc2ccccc12. The molecule has 0 radical (unpaired) electrons. The number of nitrogens with one attached hydrogen (secondary N) is 1. The summed E-state index contributed by atoms with van der Waals surface area (Å²) in [6.07, 6.45) is 0. The lowest BCUT2D eigenvalue weighted by atomic mass is 10.1. The number of benzene rings is 2. The van der Waals surface area contributed by atoms with Gasteiger partial charge in [-0.05, 0) is 54.6 Å². The Kier molecular flexibility index (Phi) is 4.92. The number of fused-ring (bicyclic) bond motifs is 1. The highest BCUT2D eigenvalue weighted by molar-refractivity contribution is 7.17. The lowest BCUT2D eigenvalue weighted by Gasteiger charge is -2.23. The topological polar surface area (TPSA) is 32.3 Å². The quantitative estimate of drug-likeness (QED) is 0.740. The molecule has 2 aromatic carbocycles. The van der Waals surface area contributed by atoms with E-state index in [-0.39, 0.29) is 17.8 Å². The predicted octanol–water partition coefficient (Wildman–Crippen LogP) is 4.50. The molecule has 1 heterocycles. The smallest absolute Gasteiger partial charge is 0.241 e. The first-order chi connectivity index (χ1) is 11.5. The maximum Gasteiger partial charge on any atom is 0.241 e. The standard InChI is InChI=1S/C19H19FN2OS/c1-13(19(23)21-16-7-5-6-15(20)10-16)22(2)11-14-12-24-18-9-4-3-8-17(14)18/h3-10,12-13H,11H2,1-2H3,(H,21,23). The first-order valence-corrected chi connectivity index (χ1v) is 8.64. The molecular weight excluding hydrogens is 323 g/mol. The van der Waals surface area contributed by atoms with Crippen molar-refractivity contribution in [2.24, 2.45) is 0 Å². The molecule has 3 rings (SSSR count). The van der Waals surface area contributed by atoms with Gasteiger partial charge in [0.1, 0.15) is 5.82 Å². The maximum absolute atomic E-state index is 13.2. The third kappa shape index (κ3) is 3.63. The van der Waals surface area contributed by atoms with E-state index in [0.717, 1.165) is 0 Å². The molecule has 5 heteroatoms. The minimum absolute atomic E-state index is 0.150. The third-order valence-corrected chi connectivity index (χ3v) is 5.13. The maximum atomic E-state index is 13.2. The molecule has 24 heavy (non-hydrogen) atoms. The zero-order valence-corrected chi connectivity index (χ0v) is 14.4. The van der Waals surface area contributed by atoms with Gasteiger partial charge >= 0.3 is 0 Å². The Bertz CT molecular complexity index is 861. The van der Waals surface area contributed by atoms with Crippen molar-refractivity contribution in [2.75, 3.05) is 12.4 Å². The number of rotatable bonds is 5. The number of carbonyl (C=O) groups excluding carboxylic acids is 1. The van der Waals surface area contributed by atoms with Crippen molar-refractivity contribution < 1.29 is 9.18 Å². The highest BCUT2D eigenvalue weighted by atomic mass is 32.1. The molecule has 1 unspecified atom stereocenters. The number of thiophene rings is 1. The van der Waals surface area contributed by atoms with Crippen molar-refractivity contribution >= 4 is 33.0 Å². The van der Waals surface area contributed by atoms with Crippen LogP contribution in [0.5, 0.6) is 0 Å². The van der Waals surface area contributed by atoms with E-state index >= 15 is 0 Å². The van der Waals surface area contributed by atoms with Gasteiger partial charge in [-0.1, -0.05) is 24.3 Å². The molecule has 0 aliphatic heterocycles. The van der Waals surface area contributed by atoms with E-state index in [9.17, 15) is 9.18 Å². The second kappa shape index (κ2) is 7.11. The first kappa shape index (κ1) is 16.6. The van der Waals surface area contributed by atoms with Crippen LogP contribution in [-0.2, 0) is 11.3 Å². The van der Waals surface area contributed by atoms with Crippen molar-refractivity contribution in [1.29, 1.82) is 0 Å². The van der Waals surface area contributed by atoms with Gasteiger partial charge in [0.25, 0.3) is 0 Å². The Hall–Kier alpha value is -2.24. The summed E-state index contributed by atoms with van der Waals surface area (Å²) in [5.41, 5.74) is 1.68. The average Bonchev–Trinajstić information content (AvgIpc) is 2.97. The van der Waals surface area contributed by atoms with E-state index in [1.54, 1.807) is 23.5 Å². The molecule has 1 atom stereocenters. The van der Waals surface area contributed by atoms with Gasteiger partial charge in [-0.3, -0.25) is 9.69 Å². The van der Waals surface area contributed by atoms with Crippen LogP contribution in [0.1, 0.15) is 12.5 Å². The van der Waals surface area contributed by atoms with E-state index < -0.39 is 0 Å². The number of amides is 1. The van der Waals surface area contributed by atoms with Gasteiger partial charge in [-0.25, -0.2) is 4.39 Å². The van der Waals surface area contributed by atoms with Crippen molar-refractivity contribution in [2.45, 2.75) is 19.5 Å². The molecule has 0 saturated heterocycles. The van der Waals surface area contributed by atoms with Gasteiger partial charge in [0.2, 0.25) is 5.91 Å². The van der Waals surface area contributed by atoms with E-state index in [0.29, 0.717) is 12.2 Å². The Labute approximate surface area is 144 Å². The largest absolute Gasteiger partial charge is 0.325 e. The van der Waals surface area contributed by atoms with E-state index in [1.165, 1.54) is 27.8 Å². The van der Waals surface area contributed by atoms with Crippen LogP contribution in [-0.4, -0.2) is 23.9 Å². The molecule has 3 aromatic rings. The molecule has 0 bridgehead atoms. The summed E-state index contributed by atoms with van der Waals surface area (Å²) >= 11 is 1.71. The fourth-order valence-electron chi connectivity index (χ4n) is 2.57. The Balaban J connectivity index is 1.67. The van der Waals surface area contributed by atoms with E-state index in [2.05, 4.69) is 22.8 Å². The number of hydrogen-bond donors (Lipinski definition) is 1. The Morgan fingerprint density at radius 2 is 2.04 bits per heavy atom. The Morgan fingerprint density at radius 3 is 2.83 bits per heavy atom. The minimum Gasteiger partial charge on any atom is -0.325 e. The van der Waals surface area contributed by atoms with E-state index in [4.69, 9.17) is 0 Å². The lowest BCUT2D eigenvalue weighted by molar-refractivity contribution is -0.120. The summed E-state index contributed by atoms with van der Waals surface area (Å²) in [6.45, 7) is 2.53. The summed E-state index contributed by atoms with van der Waals surface area (Å²) < 4.78 is 14.5. The molecule has 0 saturated carbocycles. The third-order valence-electron chi connectivity index (χ3n) is 4.11. The molecule has 1 amide bonds. The zero-order valence-electron chi connectivity index (χ0n) is 13.6. The molecule has 1 N–H and O–H groups in total. The van der Waals surface area contributed by atoms with Gasteiger partial charge in [0.05, 0.1) is 6.04 Å². The number of anilines is 1. The molecule has 0 aliphatic rings. The summed E-state index contributed by atoms with van der Waals surface area (Å²) in [5.74, 6) is -0.513.